The molecule has 1 fully saturated rings. The largest absolute Gasteiger partial charge is 0.353 e. The highest BCUT2D eigenvalue weighted by molar-refractivity contribution is 5.81. The third-order valence-corrected chi connectivity index (χ3v) is 3.29. The summed E-state index contributed by atoms with van der Waals surface area (Å²) in [6.07, 6.45) is 2.38. The van der Waals surface area contributed by atoms with Crippen molar-refractivity contribution in [2.24, 2.45) is 5.73 Å². The third kappa shape index (κ3) is 2.92. The number of hydrogen-bond donors (Lipinski definition) is 2. The van der Waals surface area contributed by atoms with E-state index in [2.05, 4.69) is 24.1 Å². The minimum atomic E-state index is -0.0379. The average molecular weight is 213 g/mol. The second kappa shape index (κ2) is 5.47. The van der Waals surface area contributed by atoms with Gasteiger partial charge in [-0.05, 0) is 33.6 Å². The molecule has 1 saturated heterocycles. The fourth-order valence-electron chi connectivity index (χ4n) is 2.46. The lowest BCUT2D eigenvalue weighted by Crippen LogP contribution is -2.49. The number of likely N-dealkylation sites (tertiary alicyclic amines) is 1. The van der Waals surface area contributed by atoms with E-state index in [-0.39, 0.29) is 11.9 Å². The Bertz CT molecular complexity index is 210. The molecule has 1 aliphatic heterocycles. The van der Waals surface area contributed by atoms with Gasteiger partial charge in [0.15, 0.2) is 0 Å². The number of rotatable bonds is 4. The monoisotopic (exact) mass is 213 g/mol. The highest BCUT2D eigenvalue weighted by Gasteiger charge is 2.33. The normalized spacial score (nSPS) is 29.1. The summed E-state index contributed by atoms with van der Waals surface area (Å²) in [5.41, 5.74) is 5.36. The summed E-state index contributed by atoms with van der Waals surface area (Å²) in [5.74, 6) is 0.0982. The van der Waals surface area contributed by atoms with E-state index in [9.17, 15) is 4.79 Å². The van der Waals surface area contributed by atoms with E-state index >= 15 is 0 Å². The molecule has 3 N–H and O–H groups in total. The Labute approximate surface area is 92.2 Å². The first-order valence-electron chi connectivity index (χ1n) is 5.83. The van der Waals surface area contributed by atoms with E-state index in [1.54, 1.807) is 0 Å². The summed E-state index contributed by atoms with van der Waals surface area (Å²) in [6, 6.07) is 0.987. The molecule has 0 saturated carbocycles. The van der Waals surface area contributed by atoms with Crippen LogP contribution in [0, 0.1) is 0 Å². The number of amides is 1. The zero-order chi connectivity index (χ0) is 11.4. The molecule has 0 bridgehead atoms. The maximum absolute atomic E-state index is 11.8. The van der Waals surface area contributed by atoms with Gasteiger partial charge in [-0.15, -0.1) is 0 Å². The summed E-state index contributed by atoms with van der Waals surface area (Å²) in [5, 5.41) is 2.84. The van der Waals surface area contributed by atoms with Gasteiger partial charge in [-0.3, -0.25) is 9.69 Å². The molecule has 1 aliphatic rings. The molecule has 0 aromatic heterocycles. The first-order chi connectivity index (χ1) is 7.07. The molecule has 0 spiro atoms. The number of nitrogens with one attached hydrogen (secondary N) is 1. The van der Waals surface area contributed by atoms with Crippen molar-refractivity contribution in [1.82, 2.24) is 10.2 Å². The first kappa shape index (κ1) is 12.5. The lowest BCUT2D eigenvalue weighted by atomic mass is 10.2. The summed E-state index contributed by atoms with van der Waals surface area (Å²) in [7, 11) is 0. The molecule has 4 nitrogen and oxygen atoms in total. The molecule has 15 heavy (non-hydrogen) atoms. The molecule has 1 amide bonds. The van der Waals surface area contributed by atoms with Crippen molar-refractivity contribution in [2.45, 2.75) is 51.7 Å². The van der Waals surface area contributed by atoms with Crippen molar-refractivity contribution < 1.29 is 4.79 Å². The molecule has 0 aromatic rings. The molecule has 0 radical (unpaired) electrons. The smallest absolute Gasteiger partial charge is 0.237 e. The van der Waals surface area contributed by atoms with Gasteiger partial charge in [-0.25, -0.2) is 0 Å². The Morgan fingerprint density at radius 3 is 2.47 bits per heavy atom. The molecular weight excluding hydrogens is 190 g/mol. The second-order valence-electron chi connectivity index (χ2n) is 4.48. The molecule has 1 rings (SSSR count). The Kier molecular flexibility index (Phi) is 4.54. The Hall–Kier alpha value is -0.610. The van der Waals surface area contributed by atoms with E-state index in [0.717, 1.165) is 0 Å². The van der Waals surface area contributed by atoms with Crippen LogP contribution in [0.3, 0.4) is 0 Å². The first-order valence-corrected chi connectivity index (χ1v) is 5.83. The molecule has 3 unspecified atom stereocenters. The van der Waals surface area contributed by atoms with E-state index in [0.29, 0.717) is 25.2 Å². The van der Waals surface area contributed by atoms with Crippen molar-refractivity contribution in [2.75, 3.05) is 13.1 Å². The number of nitrogens with zero attached hydrogens (tertiary/aromatic N) is 1. The van der Waals surface area contributed by atoms with E-state index in [4.69, 9.17) is 5.73 Å². The van der Waals surface area contributed by atoms with Gasteiger partial charge in [0, 0.05) is 25.2 Å². The number of nitrogens with two attached hydrogens (primary N) is 1. The summed E-state index contributed by atoms with van der Waals surface area (Å²) < 4.78 is 0. The fraction of sp³-hybridized carbons (Fsp3) is 0.909. The molecule has 0 aliphatic carbocycles. The second-order valence-corrected chi connectivity index (χ2v) is 4.48. The van der Waals surface area contributed by atoms with Crippen LogP contribution in [0.15, 0.2) is 0 Å². The number of carbonyl (C=O) groups excluding carboxylic acids is 1. The van der Waals surface area contributed by atoms with Crippen LogP contribution in [0.4, 0.5) is 0 Å². The molecule has 0 aromatic carbocycles. The Morgan fingerprint density at radius 2 is 2.00 bits per heavy atom. The SMILES string of the molecule is CC1CCC(C)N1C(C)C(=O)NCCN. The topological polar surface area (TPSA) is 58.4 Å². The maximum Gasteiger partial charge on any atom is 0.237 e. The van der Waals surface area contributed by atoms with E-state index < -0.39 is 0 Å². The zero-order valence-electron chi connectivity index (χ0n) is 9.99. The summed E-state index contributed by atoms with van der Waals surface area (Å²) >= 11 is 0. The van der Waals surface area contributed by atoms with Crippen LogP contribution in [0.5, 0.6) is 0 Å². The van der Waals surface area contributed by atoms with Gasteiger partial charge in [-0.2, -0.15) is 0 Å². The number of carbonyl (C=O) groups is 1. The summed E-state index contributed by atoms with van der Waals surface area (Å²) in [4.78, 5) is 14.1. The van der Waals surface area contributed by atoms with Crippen LogP contribution in [-0.2, 0) is 4.79 Å². The predicted molar refractivity (Wildman–Crippen MR) is 61.5 cm³/mol. The van der Waals surface area contributed by atoms with E-state index in [1.807, 2.05) is 6.92 Å². The fourth-order valence-corrected chi connectivity index (χ4v) is 2.46. The number of hydrogen-bond acceptors (Lipinski definition) is 3. The standard InChI is InChI=1S/C11H23N3O/c1-8-4-5-9(2)14(8)10(3)11(15)13-7-6-12/h8-10H,4-7,12H2,1-3H3,(H,13,15). The lowest BCUT2D eigenvalue weighted by molar-refractivity contribution is -0.126. The predicted octanol–water partition coefficient (Wildman–Crippen LogP) is 0.323. The summed E-state index contributed by atoms with van der Waals surface area (Å²) in [6.45, 7) is 7.43. The van der Waals surface area contributed by atoms with Crippen LogP contribution in [0.2, 0.25) is 0 Å². The van der Waals surface area contributed by atoms with Gasteiger partial charge in [0.25, 0.3) is 0 Å². The Morgan fingerprint density at radius 1 is 1.47 bits per heavy atom. The molecule has 4 heteroatoms. The van der Waals surface area contributed by atoms with Gasteiger partial charge in [0.1, 0.15) is 0 Å². The molecule has 1 heterocycles. The van der Waals surface area contributed by atoms with Crippen LogP contribution in [-0.4, -0.2) is 42.0 Å². The van der Waals surface area contributed by atoms with Crippen molar-refractivity contribution in [1.29, 1.82) is 0 Å². The highest BCUT2D eigenvalue weighted by Crippen LogP contribution is 2.25. The van der Waals surface area contributed by atoms with Crippen LogP contribution < -0.4 is 11.1 Å². The quantitative estimate of drug-likeness (QED) is 0.707. The van der Waals surface area contributed by atoms with Crippen molar-refractivity contribution >= 4 is 5.91 Å². The highest BCUT2D eigenvalue weighted by atomic mass is 16.2. The third-order valence-electron chi connectivity index (χ3n) is 3.29. The van der Waals surface area contributed by atoms with Gasteiger partial charge >= 0.3 is 0 Å². The van der Waals surface area contributed by atoms with Crippen molar-refractivity contribution in [3.8, 4) is 0 Å². The van der Waals surface area contributed by atoms with Crippen molar-refractivity contribution in [3.63, 3.8) is 0 Å². The maximum atomic E-state index is 11.8. The van der Waals surface area contributed by atoms with Gasteiger partial charge in [0.05, 0.1) is 6.04 Å². The van der Waals surface area contributed by atoms with Gasteiger partial charge < -0.3 is 11.1 Å². The minimum Gasteiger partial charge on any atom is -0.353 e. The Balaban J connectivity index is 2.50. The molecule has 88 valence electrons. The van der Waals surface area contributed by atoms with E-state index in [1.165, 1.54) is 12.8 Å². The van der Waals surface area contributed by atoms with Crippen LogP contribution in [0.25, 0.3) is 0 Å². The van der Waals surface area contributed by atoms with Crippen LogP contribution >= 0.6 is 0 Å². The minimum absolute atomic E-state index is 0.0379. The van der Waals surface area contributed by atoms with Crippen LogP contribution in [0.1, 0.15) is 33.6 Å². The molecular formula is C11H23N3O. The lowest BCUT2D eigenvalue weighted by Gasteiger charge is -2.31. The van der Waals surface area contributed by atoms with Crippen molar-refractivity contribution in [3.05, 3.63) is 0 Å². The van der Waals surface area contributed by atoms with Gasteiger partial charge in [0.2, 0.25) is 5.91 Å². The van der Waals surface area contributed by atoms with Gasteiger partial charge in [-0.1, -0.05) is 0 Å². The zero-order valence-corrected chi connectivity index (χ0v) is 9.99. The molecule has 3 atom stereocenters. The average Bonchev–Trinajstić information content (AvgIpc) is 2.54.